The quantitative estimate of drug-likeness (QED) is 0.749. The van der Waals surface area contributed by atoms with Gasteiger partial charge in [-0.15, -0.1) is 0 Å². The zero-order valence-corrected chi connectivity index (χ0v) is 11.0. The smallest absolute Gasteiger partial charge is 0.243 e. The summed E-state index contributed by atoms with van der Waals surface area (Å²) in [5, 5.41) is 2.79. The van der Waals surface area contributed by atoms with Gasteiger partial charge in [0.1, 0.15) is 6.04 Å². The van der Waals surface area contributed by atoms with Crippen molar-refractivity contribution in [3.8, 4) is 0 Å². The van der Waals surface area contributed by atoms with Gasteiger partial charge in [-0.3, -0.25) is 15.0 Å². The van der Waals surface area contributed by atoms with Gasteiger partial charge in [-0.1, -0.05) is 25.5 Å². The highest BCUT2D eigenvalue weighted by Gasteiger charge is 2.27. The summed E-state index contributed by atoms with van der Waals surface area (Å²) in [6.07, 6.45) is 3.59. The van der Waals surface area contributed by atoms with Crippen LogP contribution in [0.5, 0.6) is 0 Å². The molecule has 5 nitrogen and oxygen atoms in total. The average Bonchev–Trinajstić information content (AvgIpc) is 2.85. The normalized spacial score (nSPS) is 18.2. The van der Waals surface area contributed by atoms with Crippen LogP contribution in [-0.2, 0) is 16.0 Å². The highest BCUT2D eigenvalue weighted by molar-refractivity contribution is 5.98. The van der Waals surface area contributed by atoms with Gasteiger partial charge in [0.25, 0.3) is 0 Å². The van der Waals surface area contributed by atoms with E-state index in [1.54, 1.807) is 0 Å². The first-order chi connectivity index (χ1) is 9.19. The van der Waals surface area contributed by atoms with Crippen molar-refractivity contribution >= 4 is 17.5 Å². The molecule has 0 bridgehead atoms. The van der Waals surface area contributed by atoms with Crippen LogP contribution in [0, 0.1) is 0 Å². The van der Waals surface area contributed by atoms with Gasteiger partial charge < -0.3 is 5.32 Å². The average molecular weight is 261 g/mol. The Hall–Kier alpha value is -1.88. The number of unbranched alkanes of at least 4 members (excludes halogenated alkanes) is 1. The van der Waals surface area contributed by atoms with E-state index in [9.17, 15) is 9.59 Å². The summed E-state index contributed by atoms with van der Waals surface area (Å²) in [6, 6.07) is 7.35. The Kier molecular flexibility index (Phi) is 4.52. The van der Waals surface area contributed by atoms with Gasteiger partial charge in [0.05, 0.1) is 6.42 Å². The van der Waals surface area contributed by atoms with Crippen molar-refractivity contribution in [2.24, 2.45) is 0 Å². The third-order valence-electron chi connectivity index (χ3n) is 3.13. The van der Waals surface area contributed by atoms with E-state index in [2.05, 4.69) is 23.1 Å². The Morgan fingerprint density at radius 1 is 1.37 bits per heavy atom. The number of benzene rings is 1. The van der Waals surface area contributed by atoms with E-state index in [-0.39, 0.29) is 18.2 Å². The minimum Gasteiger partial charge on any atom is -0.325 e. The molecule has 1 aromatic carbocycles. The Bertz CT molecular complexity index is 456. The van der Waals surface area contributed by atoms with Crippen molar-refractivity contribution in [2.75, 3.05) is 5.32 Å². The van der Waals surface area contributed by atoms with E-state index in [1.165, 1.54) is 18.4 Å². The van der Waals surface area contributed by atoms with Crippen LogP contribution >= 0.6 is 0 Å². The van der Waals surface area contributed by atoms with Crippen molar-refractivity contribution in [3.63, 3.8) is 0 Å². The molecular weight excluding hydrogens is 242 g/mol. The number of hydrazine groups is 1. The van der Waals surface area contributed by atoms with E-state index in [4.69, 9.17) is 0 Å². The standard InChI is InChI=1S/C14H19N3O2/c1-2-3-4-10-5-7-11(8-6-10)15-14(19)12-9-13(18)17-16-12/h5-8,12,16H,2-4,9H2,1H3,(H,15,19)(H,17,18). The molecule has 2 rings (SSSR count). The summed E-state index contributed by atoms with van der Waals surface area (Å²) in [4.78, 5) is 22.9. The highest BCUT2D eigenvalue weighted by Crippen LogP contribution is 2.12. The maximum Gasteiger partial charge on any atom is 0.243 e. The van der Waals surface area contributed by atoms with Crippen molar-refractivity contribution < 1.29 is 9.59 Å². The fourth-order valence-corrected chi connectivity index (χ4v) is 1.98. The zero-order chi connectivity index (χ0) is 13.7. The molecule has 19 heavy (non-hydrogen) atoms. The third-order valence-corrected chi connectivity index (χ3v) is 3.13. The molecule has 0 saturated carbocycles. The lowest BCUT2D eigenvalue weighted by molar-refractivity contribution is -0.121. The molecule has 1 atom stereocenters. The van der Waals surface area contributed by atoms with Gasteiger partial charge in [0, 0.05) is 5.69 Å². The van der Waals surface area contributed by atoms with E-state index >= 15 is 0 Å². The molecule has 1 saturated heterocycles. The van der Waals surface area contributed by atoms with Gasteiger partial charge in [-0.2, -0.15) is 0 Å². The lowest BCUT2D eigenvalue weighted by Crippen LogP contribution is -2.39. The third kappa shape index (κ3) is 3.79. The van der Waals surface area contributed by atoms with Crippen LogP contribution in [0.2, 0.25) is 0 Å². The van der Waals surface area contributed by atoms with Gasteiger partial charge in [0.2, 0.25) is 11.8 Å². The summed E-state index contributed by atoms with van der Waals surface area (Å²) in [5.41, 5.74) is 7.10. The van der Waals surface area contributed by atoms with Crippen LogP contribution in [-0.4, -0.2) is 17.9 Å². The largest absolute Gasteiger partial charge is 0.325 e. The number of hydrogen-bond donors (Lipinski definition) is 3. The van der Waals surface area contributed by atoms with Crippen LogP contribution in [0.3, 0.4) is 0 Å². The van der Waals surface area contributed by atoms with Crippen LogP contribution in [0.4, 0.5) is 5.69 Å². The first kappa shape index (κ1) is 13.5. The van der Waals surface area contributed by atoms with Crippen molar-refractivity contribution in [3.05, 3.63) is 29.8 Å². The highest BCUT2D eigenvalue weighted by atomic mass is 16.2. The minimum absolute atomic E-state index is 0.157. The van der Waals surface area contributed by atoms with Crippen LogP contribution in [0.15, 0.2) is 24.3 Å². The molecule has 1 aromatic rings. The van der Waals surface area contributed by atoms with E-state index in [1.807, 2.05) is 24.3 Å². The number of aryl methyl sites for hydroxylation is 1. The Morgan fingerprint density at radius 2 is 2.11 bits per heavy atom. The Morgan fingerprint density at radius 3 is 2.68 bits per heavy atom. The fraction of sp³-hybridized carbons (Fsp3) is 0.429. The molecular formula is C14H19N3O2. The number of amides is 2. The van der Waals surface area contributed by atoms with Gasteiger partial charge >= 0.3 is 0 Å². The fourth-order valence-electron chi connectivity index (χ4n) is 1.98. The lowest BCUT2D eigenvalue weighted by atomic mass is 10.1. The van der Waals surface area contributed by atoms with E-state index < -0.39 is 6.04 Å². The van der Waals surface area contributed by atoms with Crippen molar-refractivity contribution in [1.29, 1.82) is 0 Å². The van der Waals surface area contributed by atoms with Gasteiger partial charge in [0.15, 0.2) is 0 Å². The minimum atomic E-state index is -0.493. The number of carbonyl (C=O) groups excluding carboxylic acids is 2. The maximum atomic E-state index is 11.9. The number of anilines is 1. The number of hydrogen-bond acceptors (Lipinski definition) is 3. The van der Waals surface area contributed by atoms with E-state index in [0.717, 1.165) is 12.1 Å². The molecule has 1 fully saturated rings. The molecule has 3 N–H and O–H groups in total. The summed E-state index contributed by atoms with van der Waals surface area (Å²) < 4.78 is 0. The summed E-state index contributed by atoms with van der Waals surface area (Å²) >= 11 is 0. The molecule has 0 aliphatic carbocycles. The lowest BCUT2D eigenvalue weighted by Gasteiger charge is -2.10. The molecule has 2 amide bonds. The first-order valence-electron chi connectivity index (χ1n) is 6.63. The summed E-state index contributed by atoms with van der Waals surface area (Å²) in [5.74, 6) is -0.352. The van der Waals surface area contributed by atoms with Crippen molar-refractivity contribution in [1.82, 2.24) is 10.9 Å². The second-order valence-electron chi connectivity index (χ2n) is 4.74. The predicted octanol–water partition coefficient (Wildman–Crippen LogP) is 1.36. The summed E-state index contributed by atoms with van der Waals surface area (Å²) in [7, 11) is 0. The first-order valence-corrected chi connectivity index (χ1v) is 6.63. The van der Waals surface area contributed by atoms with Crippen molar-refractivity contribution in [2.45, 2.75) is 38.6 Å². The topological polar surface area (TPSA) is 70.2 Å². The number of nitrogens with one attached hydrogen (secondary N) is 3. The van der Waals surface area contributed by atoms with Crippen LogP contribution in [0.25, 0.3) is 0 Å². The van der Waals surface area contributed by atoms with Gasteiger partial charge in [-0.25, -0.2) is 5.43 Å². The number of rotatable bonds is 5. The molecule has 0 spiro atoms. The summed E-state index contributed by atoms with van der Waals surface area (Å²) in [6.45, 7) is 2.17. The second-order valence-corrected chi connectivity index (χ2v) is 4.74. The Balaban J connectivity index is 1.88. The SMILES string of the molecule is CCCCc1ccc(NC(=O)C2CC(=O)NN2)cc1. The van der Waals surface area contributed by atoms with E-state index in [0.29, 0.717) is 0 Å². The molecule has 1 aliphatic rings. The number of carbonyl (C=O) groups is 2. The monoisotopic (exact) mass is 261 g/mol. The Labute approximate surface area is 112 Å². The molecule has 1 unspecified atom stereocenters. The van der Waals surface area contributed by atoms with Gasteiger partial charge in [-0.05, 0) is 30.5 Å². The molecule has 1 heterocycles. The van der Waals surface area contributed by atoms with Crippen LogP contribution in [0.1, 0.15) is 31.7 Å². The molecule has 1 aliphatic heterocycles. The van der Waals surface area contributed by atoms with Crippen LogP contribution < -0.4 is 16.2 Å². The predicted molar refractivity (Wildman–Crippen MR) is 73.4 cm³/mol. The second kappa shape index (κ2) is 6.33. The molecule has 0 radical (unpaired) electrons. The molecule has 0 aromatic heterocycles. The maximum absolute atomic E-state index is 11.9. The zero-order valence-electron chi connectivity index (χ0n) is 11.0. The molecule has 5 heteroatoms. The molecule has 102 valence electrons.